The van der Waals surface area contributed by atoms with E-state index in [2.05, 4.69) is 181 Å². The molecule has 2 heteroatoms. The third kappa shape index (κ3) is 4.70. The van der Waals surface area contributed by atoms with Gasteiger partial charge < -0.3 is 9.80 Å². The zero-order valence-corrected chi connectivity index (χ0v) is 23.0. The summed E-state index contributed by atoms with van der Waals surface area (Å²) < 4.78 is 0. The fourth-order valence-electron chi connectivity index (χ4n) is 5.76. The van der Waals surface area contributed by atoms with Crippen LogP contribution in [0.2, 0.25) is 0 Å². The lowest BCUT2D eigenvalue weighted by Crippen LogP contribution is -2.12. The van der Waals surface area contributed by atoms with Crippen LogP contribution in [-0.2, 0) is 0 Å². The Morgan fingerprint density at radius 1 is 0.366 bits per heavy atom. The van der Waals surface area contributed by atoms with Crippen molar-refractivity contribution in [3.05, 3.63) is 164 Å². The summed E-state index contributed by atoms with van der Waals surface area (Å²) in [5.41, 5.74) is 8.16. The molecule has 0 heterocycles. The number of para-hydroxylation sites is 1. The third-order valence-corrected chi connectivity index (χ3v) is 7.82. The summed E-state index contributed by atoms with van der Waals surface area (Å²) >= 11 is 0. The minimum atomic E-state index is 1.11. The molecule has 2 nitrogen and oxygen atoms in total. The van der Waals surface area contributed by atoms with E-state index >= 15 is 0 Å². The highest BCUT2D eigenvalue weighted by molar-refractivity contribution is 6.12. The van der Waals surface area contributed by atoms with Crippen LogP contribution in [0.3, 0.4) is 0 Å². The molecular formula is C39H30N2. The zero-order chi connectivity index (χ0) is 27.6. The second-order valence-electron chi connectivity index (χ2n) is 10.3. The highest BCUT2D eigenvalue weighted by Gasteiger charge is 2.16. The first-order valence-electron chi connectivity index (χ1n) is 14.0. The number of hydrogen-bond donors (Lipinski definition) is 0. The third-order valence-electron chi connectivity index (χ3n) is 7.82. The quantitative estimate of drug-likeness (QED) is 0.199. The fraction of sp³-hybridized carbons (Fsp3) is 0.0256. The number of nitrogens with zero attached hydrogens (tertiary/aromatic N) is 2. The molecule has 0 bridgehead atoms. The van der Waals surface area contributed by atoms with Gasteiger partial charge in [0.05, 0.1) is 5.69 Å². The van der Waals surface area contributed by atoms with Crippen LogP contribution in [0.5, 0.6) is 0 Å². The number of anilines is 5. The van der Waals surface area contributed by atoms with Crippen molar-refractivity contribution in [1.29, 1.82) is 0 Å². The second-order valence-corrected chi connectivity index (χ2v) is 10.3. The van der Waals surface area contributed by atoms with Crippen molar-refractivity contribution < 1.29 is 0 Å². The van der Waals surface area contributed by atoms with Crippen LogP contribution in [0.15, 0.2) is 164 Å². The largest absolute Gasteiger partial charge is 0.344 e. The maximum absolute atomic E-state index is 2.32. The predicted octanol–water partition coefficient (Wildman–Crippen LogP) is 10.9. The normalized spacial score (nSPS) is 11.0. The van der Waals surface area contributed by atoms with Crippen molar-refractivity contribution in [2.45, 2.75) is 0 Å². The molecule has 7 aromatic rings. The second kappa shape index (κ2) is 10.7. The summed E-state index contributed by atoms with van der Waals surface area (Å²) in [5.74, 6) is 0. The van der Waals surface area contributed by atoms with E-state index in [0.29, 0.717) is 0 Å². The van der Waals surface area contributed by atoms with Gasteiger partial charge in [-0.2, -0.15) is 0 Å². The first-order valence-corrected chi connectivity index (χ1v) is 14.0. The standard InChI is InChI=1S/C39H30N2/c1-40(39-37-18-10-8-14-31(37)28-32-15-9-11-19-38(32)39)33-24-26-36(27-25-33)41(34-16-6-3-7-17-34)35-22-20-30(21-23-35)29-12-4-2-5-13-29/h2-28H,1H3. The van der Waals surface area contributed by atoms with Crippen LogP contribution in [0.4, 0.5) is 28.4 Å². The molecule has 41 heavy (non-hydrogen) atoms. The number of fused-ring (bicyclic) bond motifs is 2. The SMILES string of the molecule is CN(c1ccc(N(c2ccccc2)c2ccc(-c3ccccc3)cc2)cc1)c1c2ccccc2cc2ccccc12. The molecule has 0 aliphatic heterocycles. The topological polar surface area (TPSA) is 6.48 Å². The molecule has 0 aliphatic carbocycles. The maximum Gasteiger partial charge on any atom is 0.0567 e. The monoisotopic (exact) mass is 526 g/mol. The van der Waals surface area contributed by atoms with Gasteiger partial charge >= 0.3 is 0 Å². The molecule has 0 amide bonds. The Labute approximate surface area is 241 Å². The van der Waals surface area contributed by atoms with Gasteiger partial charge in [0.25, 0.3) is 0 Å². The van der Waals surface area contributed by atoms with Gasteiger partial charge in [0, 0.05) is 40.6 Å². The Bertz CT molecular complexity index is 1870. The molecule has 0 fully saturated rings. The molecule has 0 radical (unpaired) electrons. The molecule has 196 valence electrons. The van der Waals surface area contributed by atoms with Gasteiger partial charge in [0.15, 0.2) is 0 Å². The van der Waals surface area contributed by atoms with E-state index in [4.69, 9.17) is 0 Å². The van der Waals surface area contributed by atoms with E-state index in [9.17, 15) is 0 Å². The van der Waals surface area contributed by atoms with Crippen LogP contribution < -0.4 is 9.80 Å². The predicted molar refractivity (Wildman–Crippen MR) is 176 cm³/mol. The van der Waals surface area contributed by atoms with Crippen molar-refractivity contribution in [2.75, 3.05) is 16.8 Å². The average molecular weight is 527 g/mol. The molecule has 0 saturated heterocycles. The van der Waals surface area contributed by atoms with E-state index in [-0.39, 0.29) is 0 Å². The summed E-state index contributed by atoms with van der Waals surface area (Å²) in [6.07, 6.45) is 0. The molecular weight excluding hydrogens is 496 g/mol. The Morgan fingerprint density at radius 2 is 0.780 bits per heavy atom. The minimum Gasteiger partial charge on any atom is -0.344 e. The van der Waals surface area contributed by atoms with E-state index in [1.807, 2.05) is 0 Å². The van der Waals surface area contributed by atoms with E-state index < -0.39 is 0 Å². The van der Waals surface area contributed by atoms with Crippen LogP contribution in [0.25, 0.3) is 32.7 Å². The molecule has 0 aromatic heterocycles. The Balaban J connectivity index is 1.28. The molecule has 7 rings (SSSR count). The van der Waals surface area contributed by atoms with Crippen molar-refractivity contribution in [2.24, 2.45) is 0 Å². The van der Waals surface area contributed by atoms with Crippen molar-refractivity contribution in [1.82, 2.24) is 0 Å². The summed E-state index contributed by atoms with van der Waals surface area (Å²) in [6.45, 7) is 0. The van der Waals surface area contributed by atoms with Gasteiger partial charge in [-0.05, 0) is 76.5 Å². The molecule has 0 aliphatic rings. The number of rotatable bonds is 6. The van der Waals surface area contributed by atoms with Gasteiger partial charge in [-0.15, -0.1) is 0 Å². The molecule has 0 saturated carbocycles. The smallest absolute Gasteiger partial charge is 0.0567 e. The molecule has 0 unspecified atom stereocenters. The van der Waals surface area contributed by atoms with E-state index in [1.54, 1.807) is 0 Å². The van der Waals surface area contributed by atoms with Gasteiger partial charge in [-0.3, -0.25) is 0 Å². The van der Waals surface area contributed by atoms with Gasteiger partial charge in [-0.25, -0.2) is 0 Å². The van der Waals surface area contributed by atoms with E-state index in [1.165, 1.54) is 38.4 Å². The molecule has 0 spiro atoms. The molecule has 0 N–H and O–H groups in total. The Morgan fingerprint density at radius 3 is 1.37 bits per heavy atom. The highest BCUT2D eigenvalue weighted by Crippen LogP contribution is 2.40. The van der Waals surface area contributed by atoms with E-state index in [0.717, 1.165) is 22.7 Å². The van der Waals surface area contributed by atoms with Crippen LogP contribution in [0.1, 0.15) is 0 Å². The average Bonchev–Trinajstić information content (AvgIpc) is 3.05. The summed E-state index contributed by atoms with van der Waals surface area (Å²) in [6, 6.07) is 58.4. The zero-order valence-electron chi connectivity index (χ0n) is 23.0. The Hall–Kier alpha value is -5.34. The highest BCUT2D eigenvalue weighted by atomic mass is 15.1. The minimum absolute atomic E-state index is 1.11. The summed E-state index contributed by atoms with van der Waals surface area (Å²) in [5, 5.41) is 5.00. The number of benzene rings is 7. The van der Waals surface area contributed by atoms with Gasteiger partial charge in [0.2, 0.25) is 0 Å². The van der Waals surface area contributed by atoms with Crippen LogP contribution in [-0.4, -0.2) is 7.05 Å². The lowest BCUT2D eigenvalue weighted by molar-refractivity contribution is 1.22. The lowest BCUT2D eigenvalue weighted by Gasteiger charge is -2.27. The number of hydrogen-bond acceptors (Lipinski definition) is 2. The summed E-state index contributed by atoms with van der Waals surface area (Å²) in [7, 11) is 2.17. The summed E-state index contributed by atoms with van der Waals surface area (Å²) in [4.78, 5) is 4.63. The van der Waals surface area contributed by atoms with Crippen molar-refractivity contribution in [3.8, 4) is 11.1 Å². The lowest BCUT2D eigenvalue weighted by atomic mass is 10.00. The van der Waals surface area contributed by atoms with Gasteiger partial charge in [-0.1, -0.05) is 109 Å². The van der Waals surface area contributed by atoms with Crippen LogP contribution in [0, 0.1) is 0 Å². The van der Waals surface area contributed by atoms with Crippen LogP contribution >= 0.6 is 0 Å². The first kappa shape index (κ1) is 24.7. The van der Waals surface area contributed by atoms with Gasteiger partial charge in [0.1, 0.15) is 0 Å². The first-order chi connectivity index (χ1) is 20.3. The molecule has 0 atom stereocenters. The van der Waals surface area contributed by atoms with Crippen molar-refractivity contribution >= 4 is 50.0 Å². The Kier molecular flexibility index (Phi) is 6.42. The van der Waals surface area contributed by atoms with Crippen molar-refractivity contribution in [3.63, 3.8) is 0 Å². The maximum atomic E-state index is 2.32. The fourth-order valence-corrected chi connectivity index (χ4v) is 5.76. The molecule has 7 aromatic carbocycles.